The molecule has 22 heavy (non-hydrogen) atoms. The van der Waals surface area contributed by atoms with E-state index in [1.54, 1.807) is 16.8 Å². The molecule has 0 bridgehead atoms. The standard InChI is InChI=1S/C16H24N2O4/c1-17-7-6-11(9-14(17)19)15(20)18-12-5-3-2-4-10(12)8-13(18)16(21)22/h10-13H,2-9H2,1H3,(H,21,22)/t10-,11+,12-,13+/m1/s1. The first-order valence-corrected chi connectivity index (χ1v) is 8.28. The number of carboxylic acid groups (broad SMARTS) is 1. The Kier molecular flexibility index (Phi) is 4.10. The van der Waals surface area contributed by atoms with Gasteiger partial charge in [-0.15, -0.1) is 0 Å². The zero-order valence-electron chi connectivity index (χ0n) is 13.0. The number of fused-ring (bicyclic) bond motifs is 1. The van der Waals surface area contributed by atoms with Crippen LogP contribution in [0.4, 0.5) is 0 Å². The number of carbonyl (C=O) groups is 3. The number of likely N-dealkylation sites (tertiary alicyclic amines) is 2. The predicted octanol–water partition coefficient (Wildman–Crippen LogP) is 1.10. The maximum atomic E-state index is 12.9. The smallest absolute Gasteiger partial charge is 0.326 e. The molecular weight excluding hydrogens is 284 g/mol. The Bertz CT molecular complexity index is 493. The summed E-state index contributed by atoms with van der Waals surface area (Å²) >= 11 is 0. The summed E-state index contributed by atoms with van der Waals surface area (Å²) in [5, 5.41) is 9.50. The Labute approximate surface area is 130 Å². The van der Waals surface area contributed by atoms with Crippen molar-refractivity contribution in [3.05, 3.63) is 0 Å². The Morgan fingerprint density at radius 1 is 1.18 bits per heavy atom. The number of hydrogen-bond acceptors (Lipinski definition) is 3. The Hall–Kier alpha value is -1.59. The lowest BCUT2D eigenvalue weighted by Gasteiger charge is -2.37. The van der Waals surface area contributed by atoms with E-state index in [-0.39, 0.29) is 30.2 Å². The first kappa shape index (κ1) is 15.3. The fourth-order valence-electron chi connectivity index (χ4n) is 4.36. The van der Waals surface area contributed by atoms with E-state index in [2.05, 4.69) is 0 Å². The topological polar surface area (TPSA) is 77.9 Å². The average molecular weight is 308 g/mol. The molecule has 4 atom stereocenters. The van der Waals surface area contributed by atoms with Crippen LogP contribution >= 0.6 is 0 Å². The molecule has 6 heteroatoms. The van der Waals surface area contributed by atoms with E-state index < -0.39 is 12.0 Å². The highest BCUT2D eigenvalue weighted by Crippen LogP contribution is 2.41. The van der Waals surface area contributed by atoms with Gasteiger partial charge in [0, 0.05) is 32.0 Å². The summed E-state index contributed by atoms with van der Waals surface area (Å²) in [4.78, 5) is 39.6. The van der Waals surface area contributed by atoms with Crippen LogP contribution in [0.1, 0.15) is 44.9 Å². The Morgan fingerprint density at radius 2 is 1.91 bits per heavy atom. The van der Waals surface area contributed by atoms with Crippen molar-refractivity contribution in [2.75, 3.05) is 13.6 Å². The number of carboxylic acids is 1. The van der Waals surface area contributed by atoms with Gasteiger partial charge in [-0.3, -0.25) is 9.59 Å². The molecule has 2 aliphatic heterocycles. The minimum Gasteiger partial charge on any atom is -0.480 e. The highest BCUT2D eigenvalue weighted by Gasteiger charge is 2.49. The van der Waals surface area contributed by atoms with Crippen molar-refractivity contribution in [2.24, 2.45) is 11.8 Å². The van der Waals surface area contributed by atoms with Gasteiger partial charge in [0.15, 0.2) is 0 Å². The first-order valence-electron chi connectivity index (χ1n) is 8.28. The molecule has 122 valence electrons. The zero-order chi connectivity index (χ0) is 15.9. The molecule has 3 rings (SSSR count). The summed E-state index contributed by atoms with van der Waals surface area (Å²) in [7, 11) is 1.75. The average Bonchev–Trinajstić information content (AvgIpc) is 2.89. The number of nitrogens with zero attached hydrogens (tertiary/aromatic N) is 2. The van der Waals surface area contributed by atoms with Crippen LogP contribution < -0.4 is 0 Å². The molecule has 2 saturated heterocycles. The van der Waals surface area contributed by atoms with Crippen molar-refractivity contribution >= 4 is 17.8 Å². The number of hydrogen-bond donors (Lipinski definition) is 1. The molecule has 6 nitrogen and oxygen atoms in total. The monoisotopic (exact) mass is 308 g/mol. The van der Waals surface area contributed by atoms with Crippen molar-refractivity contribution in [2.45, 2.75) is 57.0 Å². The predicted molar refractivity (Wildman–Crippen MR) is 79.0 cm³/mol. The third kappa shape index (κ3) is 2.59. The van der Waals surface area contributed by atoms with Gasteiger partial charge in [0.1, 0.15) is 6.04 Å². The van der Waals surface area contributed by atoms with Crippen molar-refractivity contribution in [1.82, 2.24) is 9.80 Å². The molecular formula is C16H24N2O4. The molecule has 0 aromatic rings. The van der Waals surface area contributed by atoms with Gasteiger partial charge >= 0.3 is 5.97 Å². The van der Waals surface area contributed by atoms with Crippen molar-refractivity contribution in [1.29, 1.82) is 0 Å². The molecule has 0 aromatic heterocycles. The second kappa shape index (κ2) is 5.89. The van der Waals surface area contributed by atoms with Gasteiger partial charge in [-0.2, -0.15) is 0 Å². The van der Waals surface area contributed by atoms with E-state index in [0.29, 0.717) is 25.3 Å². The van der Waals surface area contributed by atoms with Gasteiger partial charge in [0.25, 0.3) is 0 Å². The third-order valence-corrected chi connectivity index (χ3v) is 5.64. The van der Waals surface area contributed by atoms with Gasteiger partial charge in [-0.05, 0) is 31.6 Å². The molecule has 2 amide bonds. The number of aliphatic carboxylic acids is 1. The second-order valence-electron chi connectivity index (χ2n) is 6.95. The molecule has 3 fully saturated rings. The van der Waals surface area contributed by atoms with Gasteiger partial charge in [-0.1, -0.05) is 12.8 Å². The van der Waals surface area contributed by atoms with E-state index in [9.17, 15) is 19.5 Å². The number of rotatable bonds is 2. The van der Waals surface area contributed by atoms with Crippen LogP contribution in [0.15, 0.2) is 0 Å². The number of piperidine rings is 1. The minimum atomic E-state index is -0.901. The summed E-state index contributed by atoms with van der Waals surface area (Å²) in [5.41, 5.74) is 0. The summed E-state index contributed by atoms with van der Waals surface area (Å²) in [6.07, 6.45) is 5.54. The lowest BCUT2D eigenvalue weighted by atomic mass is 9.84. The van der Waals surface area contributed by atoms with Crippen LogP contribution in [0.25, 0.3) is 0 Å². The van der Waals surface area contributed by atoms with Crippen LogP contribution in [0, 0.1) is 11.8 Å². The molecule has 3 aliphatic rings. The molecule has 1 saturated carbocycles. The second-order valence-corrected chi connectivity index (χ2v) is 6.95. The van der Waals surface area contributed by atoms with Crippen LogP contribution in [0.2, 0.25) is 0 Å². The normalized spacial score (nSPS) is 35.4. The highest BCUT2D eigenvalue weighted by molar-refractivity contribution is 5.90. The third-order valence-electron chi connectivity index (χ3n) is 5.64. The maximum Gasteiger partial charge on any atom is 0.326 e. The molecule has 2 heterocycles. The van der Waals surface area contributed by atoms with Crippen LogP contribution in [0.3, 0.4) is 0 Å². The lowest BCUT2D eigenvalue weighted by Crippen LogP contribution is -2.51. The van der Waals surface area contributed by atoms with E-state index in [4.69, 9.17) is 0 Å². The van der Waals surface area contributed by atoms with Crippen LogP contribution in [-0.4, -0.2) is 58.4 Å². The molecule has 0 aromatic carbocycles. The quantitative estimate of drug-likeness (QED) is 0.828. The molecule has 1 N–H and O–H groups in total. The maximum absolute atomic E-state index is 12.9. The first-order chi connectivity index (χ1) is 10.5. The van der Waals surface area contributed by atoms with Crippen molar-refractivity contribution in [3.8, 4) is 0 Å². The van der Waals surface area contributed by atoms with E-state index in [1.807, 2.05) is 0 Å². The largest absolute Gasteiger partial charge is 0.480 e. The van der Waals surface area contributed by atoms with E-state index >= 15 is 0 Å². The fourth-order valence-corrected chi connectivity index (χ4v) is 4.36. The van der Waals surface area contributed by atoms with Gasteiger partial charge in [-0.25, -0.2) is 4.79 Å². The van der Waals surface area contributed by atoms with Crippen LogP contribution in [0.5, 0.6) is 0 Å². The highest BCUT2D eigenvalue weighted by atomic mass is 16.4. The van der Waals surface area contributed by atoms with E-state index in [0.717, 1.165) is 25.7 Å². The summed E-state index contributed by atoms with van der Waals surface area (Å²) in [5.74, 6) is -1.05. The van der Waals surface area contributed by atoms with Gasteiger partial charge in [0.05, 0.1) is 0 Å². The van der Waals surface area contributed by atoms with Crippen molar-refractivity contribution in [3.63, 3.8) is 0 Å². The summed E-state index contributed by atoms with van der Waals surface area (Å²) in [6, 6.07) is -0.632. The van der Waals surface area contributed by atoms with Gasteiger partial charge in [0.2, 0.25) is 11.8 Å². The molecule has 0 spiro atoms. The van der Waals surface area contributed by atoms with Crippen molar-refractivity contribution < 1.29 is 19.5 Å². The lowest BCUT2D eigenvalue weighted by molar-refractivity contribution is -0.154. The SMILES string of the molecule is CN1CC[C@H](C(=O)N2[C@@H]3CCCC[C@@H]3C[C@H]2C(=O)O)CC1=O. The summed E-state index contributed by atoms with van der Waals surface area (Å²) < 4.78 is 0. The molecule has 0 unspecified atom stereocenters. The fraction of sp³-hybridized carbons (Fsp3) is 0.812. The number of amides is 2. The van der Waals surface area contributed by atoms with Gasteiger partial charge < -0.3 is 14.9 Å². The Balaban J connectivity index is 1.79. The molecule has 0 radical (unpaired) electrons. The Morgan fingerprint density at radius 3 is 2.59 bits per heavy atom. The van der Waals surface area contributed by atoms with Crippen LogP contribution in [-0.2, 0) is 14.4 Å². The summed E-state index contributed by atoms with van der Waals surface area (Å²) in [6.45, 7) is 0.578. The minimum absolute atomic E-state index is 0.0177. The van der Waals surface area contributed by atoms with E-state index in [1.165, 1.54) is 0 Å². The zero-order valence-corrected chi connectivity index (χ0v) is 13.0. The molecule has 1 aliphatic carbocycles. The number of carbonyl (C=O) groups excluding carboxylic acids is 2.